The van der Waals surface area contributed by atoms with E-state index in [0.29, 0.717) is 0 Å². The lowest BCUT2D eigenvalue weighted by atomic mass is 9.77. The number of hydrogen-bond donors (Lipinski definition) is 0. The van der Waals surface area contributed by atoms with Crippen molar-refractivity contribution in [1.82, 2.24) is 0 Å². The minimum atomic E-state index is -0.422. The van der Waals surface area contributed by atoms with Crippen molar-refractivity contribution < 1.29 is 4.79 Å². The lowest BCUT2D eigenvalue weighted by Gasteiger charge is -2.26. The van der Waals surface area contributed by atoms with Gasteiger partial charge in [0.25, 0.3) is 0 Å². The van der Waals surface area contributed by atoms with E-state index in [0.717, 1.165) is 30.3 Å². The molecule has 0 aliphatic heterocycles. The van der Waals surface area contributed by atoms with E-state index >= 15 is 0 Å². The van der Waals surface area contributed by atoms with Gasteiger partial charge in [-0.2, -0.15) is 0 Å². The molecule has 98 valence electrons. The Morgan fingerprint density at radius 3 is 2.44 bits per heavy atom. The molecule has 18 heavy (non-hydrogen) atoms. The summed E-state index contributed by atoms with van der Waals surface area (Å²) in [5.74, 6) is 0. The van der Waals surface area contributed by atoms with Crippen LogP contribution in [-0.2, 0) is 4.79 Å². The van der Waals surface area contributed by atoms with Gasteiger partial charge in [-0.05, 0) is 24.5 Å². The lowest BCUT2D eigenvalue weighted by molar-refractivity contribution is -0.113. The first-order chi connectivity index (χ1) is 8.64. The topological polar surface area (TPSA) is 17.1 Å². The van der Waals surface area contributed by atoms with Crippen LogP contribution in [-0.4, -0.2) is 6.29 Å². The number of unbranched alkanes of at least 4 members (excludes halogenated alkanes) is 3. The summed E-state index contributed by atoms with van der Waals surface area (Å²) in [7, 11) is 0. The quantitative estimate of drug-likeness (QED) is 0.470. The molecule has 0 fully saturated rings. The van der Waals surface area contributed by atoms with Crippen LogP contribution >= 0.6 is 0 Å². The maximum absolute atomic E-state index is 11.4. The largest absolute Gasteiger partial charge is 0.302 e. The van der Waals surface area contributed by atoms with Crippen molar-refractivity contribution in [3.63, 3.8) is 0 Å². The van der Waals surface area contributed by atoms with E-state index in [1.54, 1.807) is 0 Å². The average Bonchev–Trinajstić information content (AvgIpc) is 2.43. The summed E-state index contributed by atoms with van der Waals surface area (Å²) < 4.78 is 0. The van der Waals surface area contributed by atoms with Crippen LogP contribution in [0.4, 0.5) is 0 Å². The first-order valence-corrected chi connectivity index (χ1v) is 6.85. The molecule has 0 spiro atoms. The Balaban J connectivity index is 2.69. The maximum atomic E-state index is 11.4. The molecule has 1 aromatic carbocycles. The summed E-state index contributed by atoms with van der Waals surface area (Å²) in [5, 5.41) is 0. The Morgan fingerprint density at radius 2 is 1.89 bits per heavy atom. The number of allylic oxidation sites excluding steroid dienone is 1. The second-order valence-corrected chi connectivity index (χ2v) is 5.19. The van der Waals surface area contributed by atoms with Gasteiger partial charge in [-0.25, -0.2) is 0 Å². The lowest BCUT2D eigenvalue weighted by Crippen LogP contribution is -2.19. The number of aldehydes is 1. The molecular formula is C17H24O. The summed E-state index contributed by atoms with van der Waals surface area (Å²) in [4.78, 5) is 11.4. The third kappa shape index (κ3) is 3.83. The van der Waals surface area contributed by atoms with Crippen LogP contribution < -0.4 is 0 Å². The highest BCUT2D eigenvalue weighted by Gasteiger charge is 2.27. The predicted molar refractivity (Wildman–Crippen MR) is 78.4 cm³/mol. The van der Waals surface area contributed by atoms with Crippen molar-refractivity contribution in [3.05, 3.63) is 42.5 Å². The summed E-state index contributed by atoms with van der Waals surface area (Å²) in [6, 6.07) is 10.0. The second kappa shape index (κ2) is 7.15. The van der Waals surface area contributed by atoms with Gasteiger partial charge in [-0.15, -0.1) is 0 Å². The third-order valence-electron chi connectivity index (χ3n) is 3.62. The van der Waals surface area contributed by atoms with Gasteiger partial charge in [0.2, 0.25) is 0 Å². The van der Waals surface area contributed by atoms with Gasteiger partial charge < -0.3 is 4.79 Å². The van der Waals surface area contributed by atoms with Crippen LogP contribution in [0.2, 0.25) is 0 Å². The SMILES string of the molecule is C=C(c1ccccc1)[C@@](C)(C=O)CCCCCC. The van der Waals surface area contributed by atoms with E-state index in [9.17, 15) is 4.79 Å². The van der Waals surface area contributed by atoms with Gasteiger partial charge in [0.15, 0.2) is 0 Å². The first kappa shape index (κ1) is 14.7. The van der Waals surface area contributed by atoms with Crippen LogP contribution in [0.3, 0.4) is 0 Å². The summed E-state index contributed by atoms with van der Waals surface area (Å²) in [6.45, 7) is 8.33. The molecule has 0 saturated carbocycles. The molecule has 1 nitrogen and oxygen atoms in total. The normalized spacial score (nSPS) is 13.9. The molecule has 0 N–H and O–H groups in total. The van der Waals surface area contributed by atoms with Gasteiger partial charge in [0.05, 0.1) is 0 Å². The predicted octanol–water partition coefficient (Wildman–Crippen LogP) is 4.88. The highest BCUT2D eigenvalue weighted by molar-refractivity contribution is 5.83. The van der Waals surface area contributed by atoms with Crippen LogP contribution in [0.15, 0.2) is 36.9 Å². The van der Waals surface area contributed by atoms with Crippen molar-refractivity contribution in [2.75, 3.05) is 0 Å². The molecule has 0 unspecified atom stereocenters. The molecule has 0 radical (unpaired) electrons. The molecule has 0 aliphatic carbocycles. The molecule has 1 aromatic rings. The molecular weight excluding hydrogens is 220 g/mol. The Hall–Kier alpha value is -1.37. The van der Waals surface area contributed by atoms with E-state index in [4.69, 9.17) is 0 Å². The van der Waals surface area contributed by atoms with Crippen molar-refractivity contribution in [1.29, 1.82) is 0 Å². The zero-order chi connectivity index (χ0) is 13.4. The molecule has 1 rings (SSSR count). The van der Waals surface area contributed by atoms with Gasteiger partial charge in [-0.1, -0.05) is 69.5 Å². The fraction of sp³-hybridized carbons (Fsp3) is 0.471. The fourth-order valence-corrected chi connectivity index (χ4v) is 2.17. The molecule has 0 amide bonds. The van der Waals surface area contributed by atoms with E-state index in [1.807, 2.05) is 37.3 Å². The second-order valence-electron chi connectivity index (χ2n) is 5.19. The Kier molecular flexibility index (Phi) is 5.84. The average molecular weight is 244 g/mol. The molecule has 0 aromatic heterocycles. The van der Waals surface area contributed by atoms with Crippen molar-refractivity contribution in [2.24, 2.45) is 5.41 Å². The third-order valence-corrected chi connectivity index (χ3v) is 3.62. The highest BCUT2D eigenvalue weighted by Crippen LogP contribution is 2.36. The Bertz CT molecular complexity index is 380. The molecule has 1 heteroatoms. The van der Waals surface area contributed by atoms with E-state index < -0.39 is 5.41 Å². The Labute approximate surface area is 111 Å². The monoisotopic (exact) mass is 244 g/mol. The van der Waals surface area contributed by atoms with Crippen LogP contribution in [0.5, 0.6) is 0 Å². The number of rotatable bonds is 8. The number of hydrogen-bond acceptors (Lipinski definition) is 1. The molecule has 0 heterocycles. The van der Waals surface area contributed by atoms with Crippen LogP contribution in [0.25, 0.3) is 5.57 Å². The van der Waals surface area contributed by atoms with Gasteiger partial charge >= 0.3 is 0 Å². The molecule has 0 bridgehead atoms. The molecule has 0 saturated heterocycles. The fourth-order valence-electron chi connectivity index (χ4n) is 2.17. The summed E-state index contributed by atoms with van der Waals surface area (Å²) >= 11 is 0. The zero-order valence-electron chi connectivity index (χ0n) is 11.6. The van der Waals surface area contributed by atoms with E-state index in [-0.39, 0.29) is 0 Å². The summed E-state index contributed by atoms with van der Waals surface area (Å²) in [6.07, 6.45) is 6.71. The van der Waals surface area contributed by atoms with E-state index in [2.05, 4.69) is 13.5 Å². The van der Waals surface area contributed by atoms with E-state index in [1.165, 1.54) is 19.3 Å². The number of benzene rings is 1. The maximum Gasteiger partial charge on any atom is 0.130 e. The standard InChI is InChI=1S/C17H24O/c1-4-5-6-10-13-17(3,14-18)15(2)16-11-8-7-9-12-16/h7-9,11-12,14H,2,4-6,10,13H2,1,3H3/t17-/m1/s1. The van der Waals surface area contributed by atoms with Crippen molar-refractivity contribution in [2.45, 2.75) is 46.0 Å². The zero-order valence-corrected chi connectivity index (χ0v) is 11.6. The molecule has 1 atom stereocenters. The van der Waals surface area contributed by atoms with Crippen LogP contribution in [0, 0.1) is 5.41 Å². The van der Waals surface area contributed by atoms with Gasteiger partial charge in [0.1, 0.15) is 6.29 Å². The van der Waals surface area contributed by atoms with Crippen molar-refractivity contribution >= 4 is 11.9 Å². The van der Waals surface area contributed by atoms with Gasteiger partial charge in [-0.3, -0.25) is 0 Å². The Morgan fingerprint density at radius 1 is 1.22 bits per heavy atom. The summed E-state index contributed by atoms with van der Waals surface area (Å²) in [5.41, 5.74) is 1.59. The minimum Gasteiger partial charge on any atom is -0.302 e. The number of carbonyl (C=O) groups excluding carboxylic acids is 1. The van der Waals surface area contributed by atoms with Crippen LogP contribution in [0.1, 0.15) is 51.5 Å². The molecule has 0 aliphatic rings. The van der Waals surface area contributed by atoms with Gasteiger partial charge in [0, 0.05) is 5.41 Å². The van der Waals surface area contributed by atoms with Crippen molar-refractivity contribution in [3.8, 4) is 0 Å². The smallest absolute Gasteiger partial charge is 0.130 e. The number of carbonyl (C=O) groups is 1. The minimum absolute atomic E-state index is 0.422. The highest BCUT2D eigenvalue weighted by atomic mass is 16.1. The first-order valence-electron chi connectivity index (χ1n) is 6.85.